The minimum absolute atomic E-state index is 0.667. The number of aryl methyl sites for hydroxylation is 1. The maximum atomic E-state index is 5.27. The number of methoxy groups -OCH3 is 1. The number of fused-ring (bicyclic) bond motifs is 3. The normalized spacial score (nSPS) is 11.2. The summed E-state index contributed by atoms with van der Waals surface area (Å²) in [5, 5.41) is 5.59. The predicted octanol–water partition coefficient (Wildman–Crippen LogP) is 3.26. The van der Waals surface area contributed by atoms with Crippen LogP contribution in [0.25, 0.3) is 27.9 Å². The van der Waals surface area contributed by atoms with Crippen LogP contribution in [0.1, 0.15) is 5.82 Å². The van der Waals surface area contributed by atoms with Crippen molar-refractivity contribution in [2.24, 2.45) is 0 Å². The Morgan fingerprint density at radius 1 is 1.00 bits per heavy atom. The van der Waals surface area contributed by atoms with Crippen molar-refractivity contribution in [3.63, 3.8) is 0 Å². The van der Waals surface area contributed by atoms with Crippen molar-refractivity contribution >= 4 is 16.6 Å². The SMILES string of the molecule is COc1cccc(-c2nc3c4ccccc4nc(C)n3n2)c1. The molecule has 0 radical (unpaired) electrons. The molecular weight excluding hydrogens is 276 g/mol. The lowest BCUT2D eigenvalue weighted by Crippen LogP contribution is -1.98. The summed E-state index contributed by atoms with van der Waals surface area (Å²) in [4.78, 5) is 9.28. The average Bonchev–Trinajstić information content (AvgIpc) is 3.01. The average molecular weight is 290 g/mol. The summed E-state index contributed by atoms with van der Waals surface area (Å²) in [6.07, 6.45) is 0. The fourth-order valence-corrected chi connectivity index (χ4v) is 2.58. The summed E-state index contributed by atoms with van der Waals surface area (Å²) in [7, 11) is 1.65. The van der Waals surface area contributed by atoms with Gasteiger partial charge >= 0.3 is 0 Å². The highest BCUT2D eigenvalue weighted by atomic mass is 16.5. The Morgan fingerprint density at radius 2 is 1.86 bits per heavy atom. The lowest BCUT2D eigenvalue weighted by molar-refractivity contribution is 0.415. The van der Waals surface area contributed by atoms with Crippen LogP contribution < -0.4 is 4.74 Å². The summed E-state index contributed by atoms with van der Waals surface area (Å²) in [6.45, 7) is 1.93. The van der Waals surface area contributed by atoms with Crippen molar-refractivity contribution in [2.45, 2.75) is 6.92 Å². The highest BCUT2D eigenvalue weighted by Gasteiger charge is 2.12. The van der Waals surface area contributed by atoms with E-state index in [4.69, 9.17) is 9.72 Å². The van der Waals surface area contributed by atoms with E-state index in [1.54, 1.807) is 11.6 Å². The van der Waals surface area contributed by atoms with Gasteiger partial charge in [-0.25, -0.2) is 9.97 Å². The number of para-hydroxylation sites is 1. The Labute approximate surface area is 127 Å². The van der Waals surface area contributed by atoms with Crippen LogP contribution in [-0.4, -0.2) is 26.7 Å². The molecule has 0 bridgehead atoms. The van der Waals surface area contributed by atoms with Crippen LogP contribution >= 0.6 is 0 Å². The van der Waals surface area contributed by atoms with Gasteiger partial charge in [-0.2, -0.15) is 4.52 Å². The lowest BCUT2D eigenvalue weighted by atomic mass is 10.2. The fourth-order valence-electron chi connectivity index (χ4n) is 2.58. The first kappa shape index (κ1) is 12.8. The molecule has 108 valence electrons. The van der Waals surface area contributed by atoms with Crippen LogP contribution in [0.5, 0.6) is 5.75 Å². The molecule has 2 aromatic heterocycles. The zero-order valence-corrected chi connectivity index (χ0v) is 12.3. The highest BCUT2D eigenvalue weighted by molar-refractivity contribution is 5.91. The molecule has 0 N–H and O–H groups in total. The van der Waals surface area contributed by atoms with Gasteiger partial charge in [0.05, 0.1) is 12.6 Å². The smallest absolute Gasteiger partial charge is 0.182 e. The monoisotopic (exact) mass is 290 g/mol. The third kappa shape index (κ3) is 1.90. The number of hydrogen-bond donors (Lipinski definition) is 0. The molecule has 5 heteroatoms. The Balaban J connectivity index is 2.00. The van der Waals surface area contributed by atoms with E-state index in [1.807, 2.05) is 55.5 Å². The minimum atomic E-state index is 0.667. The third-order valence-electron chi connectivity index (χ3n) is 3.67. The molecule has 5 nitrogen and oxygen atoms in total. The van der Waals surface area contributed by atoms with Crippen molar-refractivity contribution in [3.05, 3.63) is 54.4 Å². The molecule has 0 saturated heterocycles. The number of ether oxygens (including phenoxy) is 1. The molecule has 0 fully saturated rings. The lowest BCUT2D eigenvalue weighted by Gasteiger charge is -2.01. The molecule has 0 aliphatic rings. The zero-order chi connectivity index (χ0) is 15.1. The second kappa shape index (κ2) is 4.80. The maximum absolute atomic E-state index is 5.27. The first-order valence-electron chi connectivity index (χ1n) is 7.03. The Kier molecular flexibility index (Phi) is 2.79. The van der Waals surface area contributed by atoms with Crippen LogP contribution in [-0.2, 0) is 0 Å². The number of aromatic nitrogens is 4. The van der Waals surface area contributed by atoms with E-state index in [9.17, 15) is 0 Å². The van der Waals surface area contributed by atoms with Crippen LogP contribution in [0.2, 0.25) is 0 Å². The van der Waals surface area contributed by atoms with Crippen LogP contribution in [0, 0.1) is 6.92 Å². The van der Waals surface area contributed by atoms with Crippen molar-refractivity contribution in [3.8, 4) is 17.1 Å². The topological polar surface area (TPSA) is 52.3 Å². The quantitative estimate of drug-likeness (QED) is 0.568. The van der Waals surface area contributed by atoms with E-state index in [0.29, 0.717) is 5.82 Å². The van der Waals surface area contributed by atoms with E-state index in [-0.39, 0.29) is 0 Å². The number of rotatable bonds is 2. The molecule has 22 heavy (non-hydrogen) atoms. The van der Waals surface area contributed by atoms with Gasteiger partial charge in [-0.1, -0.05) is 24.3 Å². The molecule has 4 rings (SSSR count). The molecular formula is C17H14N4O. The molecule has 0 unspecified atom stereocenters. The van der Waals surface area contributed by atoms with Gasteiger partial charge in [-0.3, -0.25) is 0 Å². The summed E-state index contributed by atoms with van der Waals surface area (Å²) in [6, 6.07) is 15.7. The number of hydrogen-bond acceptors (Lipinski definition) is 4. The zero-order valence-electron chi connectivity index (χ0n) is 12.3. The van der Waals surface area contributed by atoms with E-state index < -0.39 is 0 Å². The van der Waals surface area contributed by atoms with Crippen molar-refractivity contribution in [2.75, 3.05) is 7.11 Å². The van der Waals surface area contributed by atoms with Gasteiger partial charge in [0.25, 0.3) is 0 Å². The Morgan fingerprint density at radius 3 is 2.73 bits per heavy atom. The van der Waals surface area contributed by atoms with Crippen LogP contribution in [0.4, 0.5) is 0 Å². The number of nitrogens with zero attached hydrogens (tertiary/aromatic N) is 4. The maximum Gasteiger partial charge on any atom is 0.182 e. The standard InChI is InChI=1S/C17H14N4O/c1-11-18-15-9-4-3-8-14(15)17-19-16(20-21(11)17)12-6-5-7-13(10-12)22-2/h3-10H,1-2H3. The van der Waals surface area contributed by atoms with E-state index in [2.05, 4.69) is 10.1 Å². The molecule has 2 heterocycles. The minimum Gasteiger partial charge on any atom is -0.497 e. The van der Waals surface area contributed by atoms with E-state index in [0.717, 1.165) is 33.7 Å². The van der Waals surface area contributed by atoms with Crippen LogP contribution in [0.15, 0.2) is 48.5 Å². The fraction of sp³-hybridized carbons (Fsp3) is 0.118. The van der Waals surface area contributed by atoms with Gasteiger partial charge in [0.2, 0.25) is 0 Å². The van der Waals surface area contributed by atoms with E-state index in [1.165, 1.54) is 0 Å². The molecule has 0 aliphatic heterocycles. The Bertz CT molecular complexity index is 990. The van der Waals surface area contributed by atoms with Crippen molar-refractivity contribution in [1.82, 2.24) is 19.6 Å². The van der Waals surface area contributed by atoms with Crippen molar-refractivity contribution in [1.29, 1.82) is 0 Å². The van der Waals surface area contributed by atoms with Gasteiger partial charge in [0.1, 0.15) is 11.6 Å². The first-order valence-corrected chi connectivity index (χ1v) is 7.03. The number of benzene rings is 2. The van der Waals surface area contributed by atoms with Gasteiger partial charge < -0.3 is 4.74 Å². The molecule has 2 aromatic carbocycles. The summed E-state index contributed by atoms with van der Waals surface area (Å²) in [5.41, 5.74) is 2.67. The second-order valence-electron chi connectivity index (χ2n) is 5.08. The molecule has 0 aliphatic carbocycles. The van der Waals surface area contributed by atoms with Gasteiger partial charge in [0.15, 0.2) is 11.5 Å². The molecule has 4 aromatic rings. The summed E-state index contributed by atoms with van der Waals surface area (Å²) >= 11 is 0. The predicted molar refractivity (Wildman–Crippen MR) is 85.0 cm³/mol. The largest absolute Gasteiger partial charge is 0.497 e. The van der Waals surface area contributed by atoms with Gasteiger partial charge in [-0.05, 0) is 31.2 Å². The molecule has 0 atom stereocenters. The van der Waals surface area contributed by atoms with E-state index >= 15 is 0 Å². The summed E-state index contributed by atoms with van der Waals surface area (Å²) in [5.74, 6) is 2.27. The molecule has 0 saturated carbocycles. The van der Waals surface area contributed by atoms with Crippen molar-refractivity contribution < 1.29 is 4.74 Å². The highest BCUT2D eigenvalue weighted by Crippen LogP contribution is 2.24. The van der Waals surface area contributed by atoms with Gasteiger partial charge in [0, 0.05) is 10.9 Å². The summed E-state index contributed by atoms with van der Waals surface area (Å²) < 4.78 is 7.06. The van der Waals surface area contributed by atoms with Crippen LogP contribution in [0.3, 0.4) is 0 Å². The third-order valence-corrected chi connectivity index (χ3v) is 3.67. The first-order chi connectivity index (χ1) is 10.8. The van der Waals surface area contributed by atoms with Gasteiger partial charge in [-0.15, -0.1) is 5.10 Å². The second-order valence-corrected chi connectivity index (χ2v) is 5.08. The Hall–Kier alpha value is -2.95. The molecule has 0 amide bonds. The molecule has 0 spiro atoms.